The first-order valence-electron chi connectivity index (χ1n) is 27.8. The van der Waals surface area contributed by atoms with Crippen LogP contribution in [0.3, 0.4) is 0 Å². The van der Waals surface area contributed by atoms with Gasteiger partial charge in [0.25, 0.3) is 0 Å². The molecule has 1 unspecified atom stereocenters. The third-order valence-corrected chi connectivity index (χ3v) is 11.8. The van der Waals surface area contributed by atoms with Crippen molar-refractivity contribution in [3.8, 4) is 0 Å². The fourth-order valence-corrected chi connectivity index (χ4v) is 7.59. The molecule has 0 amide bonds. The van der Waals surface area contributed by atoms with Crippen molar-refractivity contribution in [2.75, 3.05) is 13.2 Å². The summed E-state index contributed by atoms with van der Waals surface area (Å²) in [6, 6.07) is 0. The third-order valence-electron chi connectivity index (χ3n) is 11.8. The summed E-state index contributed by atoms with van der Waals surface area (Å²) in [5, 5.41) is 0. The van der Waals surface area contributed by atoms with Gasteiger partial charge in [0.05, 0.1) is 0 Å². The topological polar surface area (TPSA) is 78.9 Å². The van der Waals surface area contributed by atoms with Crippen LogP contribution in [-0.4, -0.2) is 37.2 Å². The Kier molecular flexibility index (Phi) is 51.9. The number of rotatable bonds is 49. The maximum Gasteiger partial charge on any atom is 0.306 e. The zero-order valence-electron chi connectivity index (χ0n) is 43.6. The molecule has 0 heterocycles. The minimum atomic E-state index is -0.814. The standard InChI is InChI=1S/C61H102O6/c1-4-7-10-13-16-19-22-25-27-29-31-33-36-39-42-45-48-51-54-60(63)66-57-58(56-65-59(62)53-50-47-44-41-38-35-24-21-18-15-12-9-6-3)67-61(64)55-52-49-46-43-40-37-34-32-30-28-26-23-20-17-14-11-8-5-2/h9,12,15,18,21-22,24-25,27,29,31,33,35,38,41,44,58H,4-8,10-11,13-14,16-17,19-20,23,26,28,30,32,34,36-37,39-40,42-43,45-57H2,1-3H3/b12-9-,18-15-,24-21-,25-22-,29-27-,33-31-,38-35-,44-41-. The van der Waals surface area contributed by atoms with Crippen LogP contribution in [0, 0.1) is 0 Å². The number of unbranched alkanes of at least 4 members (excludes halogenated alkanes) is 28. The fourth-order valence-electron chi connectivity index (χ4n) is 7.59. The highest BCUT2D eigenvalue weighted by molar-refractivity contribution is 5.71. The van der Waals surface area contributed by atoms with Gasteiger partial charge in [0.15, 0.2) is 6.10 Å². The second kappa shape index (κ2) is 54.9. The number of ether oxygens (including phenoxy) is 3. The van der Waals surface area contributed by atoms with Crippen LogP contribution in [0.5, 0.6) is 0 Å². The highest BCUT2D eigenvalue weighted by Gasteiger charge is 2.19. The lowest BCUT2D eigenvalue weighted by Crippen LogP contribution is -2.30. The lowest BCUT2D eigenvalue weighted by atomic mass is 10.0. The number of hydrogen-bond donors (Lipinski definition) is 0. The number of hydrogen-bond acceptors (Lipinski definition) is 6. The van der Waals surface area contributed by atoms with Gasteiger partial charge in [-0.05, 0) is 57.8 Å². The first-order chi connectivity index (χ1) is 33.0. The minimum Gasteiger partial charge on any atom is -0.462 e. The van der Waals surface area contributed by atoms with Gasteiger partial charge in [-0.1, -0.05) is 272 Å². The molecule has 6 heteroatoms. The molecule has 0 aromatic rings. The Bertz CT molecular complexity index is 1350. The maximum absolute atomic E-state index is 12.8. The van der Waals surface area contributed by atoms with E-state index >= 15 is 0 Å². The van der Waals surface area contributed by atoms with Crippen molar-refractivity contribution in [2.24, 2.45) is 0 Å². The van der Waals surface area contributed by atoms with Crippen LogP contribution in [0.15, 0.2) is 97.2 Å². The summed E-state index contributed by atoms with van der Waals surface area (Å²) in [4.78, 5) is 38.1. The highest BCUT2D eigenvalue weighted by Crippen LogP contribution is 2.16. The number of carbonyl (C=O) groups is 3. The second-order valence-electron chi connectivity index (χ2n) is 18.3. The van der Waals surface area contributed by atoms with Crippen LogP contribution in [-0.2, 0) is 28.6 Å². The molecule has 6 nitrogen and oxygen atoms in total. The van der Waals surface area contributed by atoms with E-state index in [2.05, 4.69) is 63.3 Å². The Hall–Kier alpha value is -3.67. The van der Waals surface area contributed by atoms with Crippen molar-refractivity contribution < 1.29 is 28.6 Å². The van der Waals surface area contributed by atoms with Gasteiger partial charge >= 0.3 is 17.9 Å². The molecule has 0 aliphatic heterocycles. The van der Waals surface area contributed by atoms with E-state index in [-0.39, 0.29) is 37.5 Å². The molecule has 0 rings (SSSR count). The van der Waals surface area contributed by atoms with Crippen molar-refractivity contribution in [3.05, 3.63) is 97.2 Å². The monoisotopic (exact) mass is 931 g/mol. The smallest absolute Gasteiger partial charge is 0.306 e. The molecule has 0 aliphatic carbocycles. The summed E-state index contributed by atoms with van der Waals surface area (Å²) >= 11 is 0. The molecule has 67 heavy (non-hydrogen) atoms. The quantitative estimate of drug-likeness (QED) is 0.0262. The van der Waals surface area contributed by atoms with Gasteiger partial charge < -0.3 is 14.2 Å². The zero-order chi connectivity index (χ0) is 48.6. The first-order valence-corrected chi connectivity index (χ1v) is 27.8. The van der Waals surface area contributed by atoms with Gasteiger partial charge in [-0.2, -0.15) is 0 Å². The molecule has 0 radical (unpaired) electrons. The Balaban J connectivity index is 4.48. The number of allylic oxidation sites excluding steroid dienone is 16. The molecule has 0 bridgehead atoms. The number of carbonyl (C=O) groups excluding carboxylic acids is 3. The maximum atomic E-state index is 12.8. The third kappa shape index (κ3) is 53.2. The predicted molar refractivity (Wildman–Crippen MR) is 288 cm³/mol. The van der Waals surface area contributed by atoms with Crippen molar-refractivity contribution in [1.29, 1.82) is 0 Å². The number of esters is 3. The van der Waals surface area contributed by atoms with Crippen molar-refractivity contribution in [2.45, 2.75) is 258 Å². The molecular weight excluding hydrogens is 829 g/mol. The van der Waals surface area contributed by atoms with E-state index in [9.17, 15) is 14.4 Å². The largest absolute Gasteiger partial charge is 0.462 e. The van der Waals surface area contributed by atoms with E-state index in [0.29, 0.717) is 19.3 Å². The molecule has 0 aromatic heterocycles. The van der Waals surface area contributed by atoms with E-state index in [1.807, 2.05) is 54.7 Å². The SMILES string of the molecule is CC\C=C/C=C\C=C/C=C\C=C/CCCC(=O)OCC(COC(=O)CCCCCCC\C=C/C=C\C=C/CCCCCCC)OC(=O)CCCCCCCCCCCCCCCCCCCC. The fraction of sp³-hybridized carbons (Fsp3) is 0.689. The molecule has 382 valence electrons. The van der Waals surface area contributed by atoms with E-state index in [1.165, 1.54) is 128 Å². The molecule has 0 aromatic carbocycles. The van der Waals surface area contributed by atoms with Crippen molar-refractivity contribution in [3.63, 3.8) is 0 Å². The molecular formula is C61H102O6. The van der Waals surface area contributed by atoms with Crippen LogP contribution in [0.25, 0.3) is 0 Å². The van der Waals surface area contributed by atoms with Crippen molar-refractivity contribution >= 4 is 17.9 Å². The summed E-state index contributed by atoms with van der Waals surface area (Å²) in [7, 11) is 0. The summed E-state index contributed by atoms with van der Waals surface area (Å²) < 4.78 is 16.8. The average molecular weight is 931 g/mol. The van der Waals surface area contributed by atoms with Gasteiger partial charge in [-0.3, -0.25) is 14.4 Å². The van der Waals surface area contributed by atoms with E-state index in [4.69, 9.17) is 14.2 Å². The summed E-state index contributed by atoms with van der Waals surface area (Å²) in [6.45, 7) is 6.41. The van der Waals surface area contributed by atoms with E-state index in [0.717, 1.165) is 77.0 Å². The molecule has 1 atom stereocenters. The normalized spacial score (nSPS) is 12.8. The van der Waals surface area contributed by atoms with E-state index in [1.54, 1.807) is 0 Å². The molecule has 0 N–H and O–H groups in total. The molecule has 0 spiro atoms. The molecule has 0 fully saturated rings. The lowest BCUT2D eigenvalue weighted by molar-refractivity contribution is -0.167. The predicted octanol–water partition coefficient (Wildman–Crippen LogP) is 18.5. The van der Waals surface area contributed by atoms with Gasteiger partial charge in [-0.25, -0.2) is 0 Å². The van der Waals surface area contributed by atoms with Crippen LogP contribution < -0.4 is 0 Å². The Labute approximate surface area is 413 Å². The Morgan fingerprint density at radius 1 is 0.313 bits per heavy atom. The first kappa shape index (κ1) is 63.3. The highest BCUT2D eigenvalue weighted by atomic mass is 16.6. The van der Waals surface area contributed by atoms with Crippen LogP contribution in [0.2, 0.25) is 0 Å². The van der Waals surface area contributed by atoms with Crippen LogP contribution in [0.4, 0.5) is 0 Å². The summed E-state index contributed by atoms with van der Waals surface area (Å²) in [6.07, 6.45) is 72.6. The summed E-state index contributed by atoms with van der Waals surface area (Å²) in [5.41, 5.74) is 0. The van der Waals surface area contributed by atoms with Gasteiger partial charge in [-0.15, -0.1) is 0 Å². The average Bonchev–Trinajstić information content (AvgIpc) is 3.33. The van der Waals surface area contributed by atoms with Crippen molar-refractivity contribution in [1.82, 2.24) is 0 Å². The Morgan fingerprint density at radius 2 is 0.597 bits per heavy atom. The Morgan fingerprint density at radius 3 is 0.970 bits per heavy atom. The van der Waals surface area contributed by atoms with Gasteiger partial charge in [0.1, 0.15) is 13.2 Å². The van der Waals surface area contributed by atoms with Gasteiger partial charge in [0, 0.05) is 19.3 Å². The van der Waals surface area contributed by atoms with Crippen LogP contribution in [0.1, 0.15) is 252 Å². The second-order valence-corrected chi connectivity index (χ2v) is 18.3. The van der Waals surface area contributed by atoms with Gasteiger partial charge in [0.2, 0.25) is 0 Å². The molecule has 0 saturated carbocycles. The zero-order valence-corrected chi connectivity index (χ0v) is 43.6. The molecule has 0 aliphatic rings. The minimum absolute atomic E-state index is 0.110. The lowest BCUT2D eigenvalue weighted by Gasteiger charge is -2.18. The van der Waals surface area contributed by atoms with E-state index < -0.39 is 6.10 Å². The summed E-state index contributed by atoms with van der Waals surface area (Å²) in [5.74, 6) is -1.00. The molecule has 0 saturated heterocycles. The van der Waals surface area contributed by atoms with Crippen LogP contribution >= 0.6 is 0 Å².